The third-order valence-electron chi connectivity index (χ3n) is 3.02. The van der Waals surface area contributed by atoms with Crippen LogP contribution in [0.1, 0.15) is 11.3 Å². The Labute approximate surface area is 115 Å². The van der Waals surface area contributed by atoms with E-state index < -0.39 is 16.4 Å². The van der Waals surface area contributed by atoms with Crippen molar-refractivity contribution in [2.75, 3.05) is 6.54 Å². The number of hydrogen-bond acceptors (Lipinski definition) is 4. The predicted molar refractivity (Wildman–Crippen MR) is 71.7 cm³/mol. The Morgan fingerprint density at radius 3 is 2.85 bits per heavy atom. The lowest BCUT2D eigenvalue weighted by Crippen LogP contribution is -2.18. The number of aryl methyl sites for hydroxylation is 1. The molecule has 20 heavy (non-hydrogen) atoms. The van der Waals surface area contributed by atoms with E-state index in [1.165, 1.54) is 12.1 Å². The second-order valence-electron chi connectivity index (χ2n) is 4.42. The SMILES string of the molecule is Cn1nccc1CCNCc1ccc([N+](=O)[O-])c(F)c1. The van der Waals surface area contributed by atoms with E-state index in [-0.39, 0.29) is 0 Å². The number of hydrogen-bond donors (Lipinski definition) is 1. The summed E-state index contributed by atoms with van der Waals surface area (Å²) in [4.78, 5) is 9.77. The molecule has 1 aromatic heterocycles. The average Bonchev–Trinajstić information content (AvgIpc) is 2.80. The molecule has 0 saturated carbocycles. The first-order chi connectivity index (χ1) is 9.58. The minimum absolute atomic E-state index is 0.465. The van der Waals surface area contributed by atoms with Crippen LogP contribution in [0.25, 0.3) is 0 Å². The number of aromatic nitrogens is 2. The van der Waals surface area contributed by atoms with Crippen molar-refractivity contribution >= 4 is 5.69 Å². The van der Waals surface area contributed by atoms with E-state index in [1.807, 2.05) is 13.1 Å². The normalized spacial score (nSPS) is 10.7. The fourth-order valence-corrected chi connectivity index (χ4v) is 1.90. The van der Waals surface area contributed by atoms with Gasteiger partial charge in [-0.2, -0.15) is 9.49 Å². The molecule has 1 N–H and O–H groups in total. The van der Waals surface area contributed by atoms with E-state index in [4.69, 9.17) is 0 Å². The molecule has 0 saturated heterocycles. The molecular formula is C13H15FN4O2. The Morgan fingerprint density at radius 1 is 1.45 bits per heavy atom. The summed E-state index contributed by atoms with van der Waals surface area (Å²) in [5.41, 5.74) is 1.29. The van der Waals surface area contributed by atoms with Gasteiger partial charge in [0, 0.05) is 44.5 Å². The highest BCUT2D eigenvalue weighted by atomic mass is 19.1. The number of nitro groups is 1. The van der Waals surface area contributed by atoms with Crippen LogP contribution in [0.5, 0.6) is 0 Å². The van der Waals surface area contributed by atoms with Crippen LogP contribution in [-0.2, 0) is 20.0 Å². The molecule has 2 aromatic rings. The smallest absolute Gasteiger partial charge is 0.304 e. The fourth-order valence-electron chi connectivity index (χ4n) is 1.90. The van der Waals surface area contributed by atoms with Gasteiger partial charge < -0.3 is 5.32 Å². The van der Waals surface area contributed by atoms with Crippen LogP contribution < -0.4 is 5.32 Å². The maximum atomic E-state index is 13.4. The molecule has 6 nitrogen and oxygen atoms in total. The van der Waals surface area contributed by atoms with Crippen LogP contribution in [0.2, 0.25) is 0 Å². The molecule has 2 rings (SSSR count). The van der Waals surface area contributed by atoms with Gasteiger partial charge in [0.2, 0.25) is 5.82 Å². The Morgan fingerprint density at radius 2 is 2.25 bits per heavy atom. The minimum Gasteiger partial charge on any atom is -0.312 e. The number of rotatable bonds is 6. The number of nitrogens with zero attached hydrogens (tertiary/aromatic N) is 3. The highest BCUT2D eigenvalue weighted by Gasteiger charge is 2.13. The van der Waals surface area contributed by atoms with Crippen LogP contribution >= 0.6 is 0 Å². The maximum Gasteiger partial charge on any atom is 0.304 e. The zero-order chi connectivity index (χ0) is 14.5. The van der Waals surface area contributed by atoms with Crippen LogP contribution in [0, 0.1) is 15.9 Å². The molecule has 7 heteroatoms. The van der Waals surface area contributed by atoms with E-state index in [0.29, 0.717) is 12.1 Å². The van der Waals surface area contributed by atoms with Gasteiger partial charge in [-0.1, -0.05) is 6.07 Å². The molecule has 0 amide bonds. The van der Waals surface area contributed by atoms with Crippen molar-refractivity contribution in [1.82, 2.24) is 15.1 Å². The van der Waals surface area contributed by atoms with Gasteiger partial charge in [0.25, 0.3) is 0 Å². The third-order valence-corrected chi connectivity index (χ3v) is 3.02. The quantitative estimate of drug-likeness (QED) is 0.497. The molecule has 0 radical (unpaired) electrons. The van der Waals surface area contributed by atoms with Crippen molar-refractivity contribution in [3.63, 3.8) is 0 Å². The average molecular weight is 278 g/mol. The standard InChI is InChI=1S/C13H15FN4O2/c1-17-11(5-7-16-17)4-6-15-9-10-2-3-13(18(19)20)12(14)8-10/h2-3,5,7-8,15H,4,6,9H2,1H3. The lowest BCUT2D eigenvalue weighted by atomic mass is 10.2. The number of nitro benzene ring substituents is 1. The molecule has 0 unspecified atom stereocenters. The van der Waals surface area contributed by atoms with Gasteiger partial charge in [-0.25, -0.2) is 0 Å². The van der Waals surface area contributed by atoms with Crippen LogP contribution in [0.15, 0.2) is 30.5 Å². The summed E-state index contributed by atoms with van der Waals surface area (Å²) in [6, 6.07) is 5.87. The first kappa shape index (κ1) is 14.1. The fraction of sp³-hybridized carbons (Fsp3) is 0.308. The summed E-state index contributed by atoms with van der Waals surface area (Å²) in [6.45, 7) is 1.19. The summed E-state index contributed by atoms with van der Waals surface area (Å²) in [6.07, 6.45) is 2.55. The molecule has 0 bridgehead atoms. The monoisotopic (exact) mass is 278 g/mol. The molecule has 0 aliphatic rings. The van der Waals surface area contributed by atoms with Gasteiger partial charge >= 0.3 is 5.69 Å². The molecule has 1 aromatic carbocycles. The molecule has 1 heterocycles. The second kappa shape index (κ2) is 6.25. The number of benzene rings is 1. The van der Waals surface area contributed by atoms with Crippen LogP contribution in [0.4, 0.5) is 10.1 Å². The van der Waals surface area contributed by atoms with Crippen molar-refractivity contribution in [3.8, 4) is 0 Å². The van der Waals surface area contributed by atoms with E-state index in [2.05, 4.69) is 10.4 Å². The molecule has 0 spiro atoms. The minimum atomic E-state index is -0.805. The Hall–Kier alpha value is -2.28. The lowest BCUT2D eigenvalue weighted by Gasteiger charge is -2.05. The molecule has 0 fully saturated rings. The summed E-state index contributed by atoms with van der Waals surface area (Å²) < 4.78 is 15.2. The van der Waals surface area contributed by atoms with E-state index >= 15 is 0 Å². The van der Waals surface area contributed by atoms with Crippen molar-refractivity contribution in [3.05, 3.63) is 57.7 Å². The highest BCUT2D eigenvalue weighted by molar-refractivity contribution is 5.34. The van der Waals surface area contributed by atoms with Gasteiger partial charge in [0.1, 0.15) is 0 Å². The molecule has 0 aliphatic carbocycles. The van der Waals surface area contributed by atoms with Crippen LogP contribution in [-0.4, -0.2) is 21.2 Å². The second-order valence-corrected chi connectivity index (χ2v) is 4.42. The van der Waals surface area contributed by atoms with Gasteiger partial charge in [-0.3, -0.25) is 14.8 Å². The molecule has 106 valence electrons. The Balaban J connectivity index is 1.84. The summed E-state index contributed by atoms with van der Waals surface area (Å²) in [5.74, 6) is -0.805. The topological polar surface area (TPSA) is 73.0 Å². The zero-order valence-electron chi connectivity index (χ0n) is 11.0. The zero-order valence-corrected chi connectivity index (χ0v) is 11.0. The van der Waals surface area contributed by atoms with Crippen molar-refractivity contribution < 1.29 is 9.31 Å². The highest BCUT2D eigenvalue weighted by Crippen LogP contribution is 2.17. The van der Waals surface area contributed by atoms with Gasteiger partial charge in [0.15, 0.2) is 0 Å². The first-order valence-electron chi connectivity index (χ1n) is 6.18. The van der Waals surface area contributed by atoms with Crippen molar-refractivity contribution in [2.24, 2.45) is 7.05 Å². The number of halogens is 1. The third kappa shape index (κ3) is 3.39. The van der Waals surface area contributed by atoms with E-state index in [9.17, 15) is 14.5 Å². The molecular weight excluding hydrogens is 263 g/mol. The number of nitrogens with one attached hydrogen (secondary N) is 1. The van der Waals surface area contributed by atoms with Gasteiger partial charge in [0.05, 0.1) is 4.92 Å². The Kier molecular flexibility index (Phi) is 4.41. The van der Waals surface area contributed by atoms with E-state index in [1.54, 1.807) is 16.9 Å². The van der Waals surface area contributed by atoms with Gasteiger partial charge in [-0.05, 0) is 17.7 Å². The van der Waals surface area contributed by atoms with Crippen LogP contribution in [0.3, 0.4) is 0 Å². The van der Waals surface area contributed by atoms with Crippen molar-refractivity contribution in [1.29, 1.82) is 0 Å². The molecule has 0 atom stereocenters. The van der Waals surface area contributed by atoms with Gasteiger partial charge in [-0.15, -0.1) is 0 Å². The summed E-state index contributed by atoms with van der Waals surface area (Å²) in [7, 11) is 1.88. The first-order valence-corrected chi connectivity index (χ1v) is 6.18. The Bertz CT molecular complexity index is 612. The predicted octanol–water partition coefficient (Wildman–Crippen LogP) is 1.80. The maximum absolute atomic E-state index is 13.4. The summed E-state index contributed by atoms with van der Waals surface area (Å²) in [5, 5.41) is 17.7. The largest absolute Gasteiger partial charge is 0.312 e. The van der Waals surface area contributed by atoms with E-state index in [0.717, 1.165) is 18.7 Å². The lowest BCUT2D eigenvalue weighted by molar-refractivity contribution is -0.387. The van der Waals surface area contributed by atoms with Crippen molar-refractivity contribution in [2.45, 2.75) is 13.0 Å². The summed E-state index contributed by atoms with van der Waals surface area (Å²) >= 11 is 0. The molecule has 0 aliphatic heterocycles.